The summed E-state index contributed by atoms with van der Waals surface area (Å²) in [7, 11) is 1.39. The maximum atomic E-state index is 11.7. The monoisotopic (exact) mass is 487 g/mol. The van der Waals surface area contributed by atoms with Crippen molar-refractivity contribution in [2.24, 2.45) is 0 Å². The minimum Gasteiger partial charge on any atom is -0.465 e. The lowest BCUT2D eigenvalue weighted by Crippen LogP contribution is -2.23. The Morgan fingerprint density at radius 1 is 0.806 bits per heavy atom. The molecule has 0 aromatic heterocycles. The van der Waals surface area contributed by atoms with E-state index in [1.54, 1.807) is 12.1 Å². The van der Waals surface area contributed by atoms with Gasteiger partial charge in [0.25, 0.3) is 0 Å². The summed E-state index contributed by atoms with van der Waals surface area (Å²) in [6.07, 6.45) is -0.0862. The van der Waals surface area contributed by atoms with Crippen LogP contribution in [0, 0.1) is 0 Å². The van der Waals surface area contributed by atoms with E-state index in [0.717, 1.165) is 11.1 Å². The summed E-state index contributed by atoms with van der Waals surface area (Å²) in [5, 5.41) is 3.53. The van der Waals surface area contributed by atoms with Gasteiger partial charge < -0.3 is 14.8 Å². The average molecular weight is 488 g/mol. The third-order valence-electron chi connectivity index (χ3n) is 6.38. The minimum absolute atomic E-state index is 0.0693. The van der Waals surface area contributed by atoms with Crippen molar-refractivity contribution in [3.63, 3.8) is 0 Å². The van der Waals surface area contributed by atoms with Gasteiger partial charge in [0.15, 0.2) is 0 Å². The number of hydrogen-bond acceptors (Lipinski definition) is 4. The average Bonchev–Trinajstić information content (AvgIpc) is 2.85. The molecule has 3 aromatic carbocycles. The molecule has 4 nitrogen and oxygen atoms in total. The fourth-order valence-electron chi connectivity index (χ4n) is 4.00. The zero-order chi connectivity index (χ0) is 26.3. The molecule has 0 spiro atoms. The van der Waals surface area contributed by atoms with Crippen LogP contribution in [-0.4, -0.2) is 19.6 Å². The van der Waals surface area contributed by atoms with Gasteiger partial charge in [0.05, 0.1) is 25.4 Å². The Morgan fingerprint density at radius 3 is 1.92 bits per heavy atom. The van der Waals surface area contributed by atoms with Gasteiger partial charge in [-0.2, -0.15) is 0 Å². The van der Waals surface area contributed by atoms with Gasteiger partial charge >= 0.3 is 5.97 Å². The van der Waals surface area contributed by atoms with Crippen LogP contribution >= 0.6 is 0 Å². The summed E-state index contributed by atoms with van der Waals surface area (Å²) in [4.78, 5) is 11.7. The fourth-order valence-corrected chi connectivity index (χ4v) is 4.00. The molecule has 0 unspecified atom stereocenters. The van der Waals surface area contributed by atoms with E-state index in [0.29, 0.717) is 25.3 Å². The van der Waals surface area contributed by atoms with Gasteiger partial charge in [-0.05, 0) is 50.8 Å². The van der Waals surface area contributed by atoms with Crippen LogP contribution in [0.4, 0.5) is 0 Å². The van der Waals surface area contributed by atoms with Crippen LogP contribution in [0.25, 0.3) is 0 Å². The summed E-state index contributed by atoms with van der Waals surface area (Å²) < 4.78 is 11.3. The zero-order valence-corrected chi connectivity index (χ0v) is 22.9. The maximum Gasteiger partial charge on any atom is 0.337 e. The molecule has 0 saturated carbocycles. The van der Waals surface area contributed by atoms with Crippen molar-refractivity contribution in [2.45, 2.75) is 71.6 Å². The van der Waals surface area contributed by atoms with Crippen molar-refractivity contribution in [3.05, 3.63) is 106 Å². The van der Waals surface area contributed by atoms with Crippen LogP contribution < -0.4 is 5.32 Å². The third kappa shape index (κ3) is 7.78. The number of methoxy groups -OCH3 is 1. The summed E-state index contributed by atoms with van der Waals surface area (Å²) in [6, 6.07) is 24.8. The highest BCUT2D eigenvalue weighted by Gasteiger charge is 2.21. The SMILES string of the molecule is COC(=O)c1ccc(CNC[C@H](OCc2cc(C(C)(C)C)cc(C(C)(C)C)c2)c2ccccc2)cc1. The Morgan fingerprint density at radius 2 is 1.39 bits per heavy atom. The topological polar surface area (TPSA) is 47.6 Å². The van der Waals surface area contributed by atoms with Gasteiger partial charge in [0.1, 0.15) is 0 Å². The van der Waals surface area contributed by atoms with Crippen molar-refractivity contribution < 1.29 is 14.3 Å². The number of hydrogen-bond donors (Lipinski definition) is 1. The molecule has 0 bridgehead atoms. The molecule has 36 heavy (non-hydrogen) atoms. The normalized spacial score (nSPS) is 12.9. The molecule has 3 aromatic rings. The summed E-state index contributed by atoms with van der Waals surface area (Å²) in [6.45, 7) is 15.4. The Balaban J connectivity index is 1.72. The molecule has 3 rings (SSSR count). The molecule has 0 amide bonds. The van der Waals surface area contributed by atoms with Crippen LogP contribution in [0.1, 0.15) is 85.8 Å². The van der Waals surface area contributed by atoms with Crippen LogP contribution in [0.2, 0.25) is 0 Å². The molecule has 0 fully saturated rings. The van der Waals surface area contributed by atoms with Crippen molar-refractivity contribution in [1.82, 2.24) is 5.32 Å². The Kier molecular flexibility index (Phi) is 9.10. The lowest BCUT2D eigenvalue weighted by molar-refractivity contribution is 0.0395. The highest BCUT2D eigenvalue weighted by Crippen LogP contribution is 2.31. The van der Waals surface area contributed by atoms with Crippen LogP contribution in [0.5, 0.6) is 0 Å². The minimum atomic E-state index is -0.322. The van der Waals surface area contributed by atoms with E-state index in [1.807, 2.05) is 18.2 Å². The molecule has 0 aliphatic heterocycles. The Labute approximate surface area is 217 Å². The number of benzene rings is 3. The van der Waals surface area contributed by atoms with E-state index in [4.69, 9.17) is 9.47 Å². The smallest absolute Gasteiger partial charge is 0.337 e. The highest BCUT2D eigenvalue weighted by molar-refractivity contribution is 5.89. The van der Waals surface area contributed by atoms with Crippen LogP contribution in [0.15, 0.2) is 72.8 Å². The lowest BCUT2D eigenvalue weighted by atomic mass is 9.79. The Hall–Kier alpha value is -2.95. The van der Waals surface area contributed by atoms with Gasteiger partial charge in [-0.1, -0.05) is 102 Å². The largest absolute Gasteiger partial charge is 0.465 e. The number of esters is 1. The molecular weight excluding hydrogens is 446 g/mol. The summed E-state index contributed by atoms with van der Waals surface area (Å²) in [5.41, 5.74) is 6.80. The second kappa shape index (κ2) is 11.9. The zero-order valence-electron chi connectivity index (χ0n) is 22.9. The van der Waals surface area contributed by atoms with E-state index in [-0.39, 0.29) is 22.9 Å². The molecule has 0 heterocycles. The van der Waals surface area contributed by atoms with Crippen molar-refractivity contribution in [1.29, 1.82) is 0 Å². The number of ether oxygens (including phenoxy) is 2. The molecule has 1 atom stereocenters. The highest BCUT2D eigenvalue weighted by atomic mass is 16.5. The first-order valence-electron chi connectivity index (χ1n) is 12.7. The molecule has 0 aliphatic carbocycles. The molecule has 1 N–H and O–H groups in total. The molecule has 0 radical (unpaired) electrons. The Bertz CT molecular complexity index is 1090. The van der Waals surface area contributed by atoms with Crippen molar-refractivity contribution in [3.8, 4) is 0 Å². The predicted molar refractivity (Wildman–Crippen MR) is 147 cm³/mol. The lowest BCUT2D eigenvalue weighted by Gasteiger charge is -2.27. The molecule has 0 saturated heterocycles. The second-order valence-electron chi connectivity index (χ2n) is 11.4. The van der Waals surface area contributed by atoms with Gasteiger partial charge in [0.2, 0.25) is 0 Å². The van der Waals surface area contributed by atoms with Gasteiger partial charge in [-0.15, -0.1) is 0 Å². The standard InChI is InChI=1S/C32H41NO3/c1-31(2,3)27-17-24(18-28(19-27)32(4,5)6)22-36-29(25-11-9-8-10-12-25)21-33-20-23-13-15-26(16-14-23)30(34)35-7/h8-19,29,33H,20-22H2,1-7H3/t29-/m0/s1. The van der Waals surface area contributed by atoms with Crippen molar-refractivity contribution >= 4 is 5.97 Å². The summed E-state index contributed by atoms with van der Waals surface area (Å²) >= 11 is 0. The fraction of sp³-hybridized carbons (Fsp3) is 0.406. The molecule has 0 aliphatic rings. The van der Waals surface area contributed by atoms with Gasteiger partial charge in [0, 0.05) is 13.1 Å². The third-order valence-corrected chi connectivity index (χ3v) is 6.38. The molecule has 4 heteroatoms. The molecule has 192 valence electrons. The van der Waals surface area contributed by atoms with E-state index in [2.05, 4.69) is 89.3 Å². The number of rotatable bonds is 9. The first-order valence-corrected chi connectivity index (χ1v) is 12.7. The first kappa shape index (κ1) is 27.6. The van der Waals surface area contributed by atoms with Crippen LogP contribution in [0.3, 0.4) is 0 Å². The molecular formula is C32H41NO3. The van der Waals surface area contributed by atoms with Gasteiger partial charge in [-0.3, -0.25) is 0 Å². The maximum absolute atomic E-state index is 11.7. The van der Waals surface area contributed by atoms with Crippen molar-refractivity contribution in [2.75, 3.05) is 13.7 Å². The van der Waals surface area contributed by atoms with E-state index in [1.165, 1.54) is 23.8 Å². The van der Waals surface area contributed by atoms with Crippen LogP contribution in [-0.2, 0) is 33.5 Å². The predicted octanol–water partition coefficient (Wildman–Crippen LogP) is 7.12. The quantitative estimate of drug-likeness (QED) is 0.327. The summed E-state index contributed by atoms with van der Waals surface area (Å²) in [5.74, 6) is -0.322. The number of nitrogens with one attached hydrogen (secondary N) is 1. The van der Waals surface area contributed by atoms with E-state index in [9.17, 15) is 4.79 Å². The van der Waals surface area contributed by atoms with E-state index >= 15 is 0 Å². The second-order valence-corrected chi connectivity index (χ2v) is 11.4. The number of carbonyl (C=O) groups excluding carboxylic acids is 1. The first-order chi connectivity index (χ1) is 17.0. The van der Waals surface area contributed by atoms with Gasteiger partial charge in [-0.25, -0.2) is 4.79 Å². The van der Waals surface area contributed by atoms with E-state index < -0.39 is 0 Å². The number of carbonyl (C=O) groups is 1.